The zero-order valence-corrected chi connectivity index (χ0v) is 16.7. The minimum absolute atomic E-state index is 0.0641. The highest BCUT2D eigenvalue weighted by molar-refractivity contribution is 5.93. The average molecular weight is 397 g/mol. The normalized spacial score (nSPS) is 14.9. The van der Waals surface area contributed by atoms with Crippen LogP contribution < -0.4 is 0 Å². The number of hydrogen-bond acceptors (Lipinski definition) is 4. The van der Waals surface area contributed by atoms with Crippen molar-refractivity contribution in [3.05, 3.63) is 90.1 Å². The topological polar surface area (TPSA) is 49.6 Å². The zero-order chi connectivity index (χ0) is 20.3. The number of amides is 1. The van der Waals surface area contributed by atoms with Crippen LogP contribution in [0.4, 0.5) is 0 Å². The van der Waals surface area contributed by atoms with Crippen LogP contribution >= 0.6 is 0 Å². The molecule has 0 saturated carbocycles. The van der Waals surface area contributed by atoms with Gasteiger partial charge in [-0.2, -0.15) is 0 Å². The second-order valence-corrected chi connectivity index (χ2v) is 7.65. The van der Waals surface area contributed by atoms with Crippen molar-refractivity contribution in [1.29, 1.82) is 0 Å². The van der Waals surface area contributed by atoms with E-state index in [2.05, 4.69) is 52.5 Å². The molecular formula is C25H23N3O2. The third kappa shape index (κ3) is 3.72. The van der Waals surface area contributed by atoms with E-state index in [-0.39, 0.29) is 5.91 Å². The molecule has 0 bridgehead atoms. The molecule has 3 aromatic carbocycles. The molecule has 0 unspecified atom stereocenters. The van der Waals surface area contributed by atoms with E-state index < -0.39 is 0 Å². The average Bonchev–Trinajstić information content (AvgIpc) is 3.30. The third-order valence-corrected chi connectivity index (χ3v) is 5.72. The lowest BCUT2D eigenvalue weighted by molar-refractivity contribution is 0.0619. The Bertz CT molecular complexity index is 1160. The van der Waals surface area contributed by atoms with Gasteiger partial charge in [0.25, 0.3) is 5.91 Å². The second-order valence-electron chi connectivity index (χ2n) is 7.65. The molecule has 1 aliphatic heterocycles. The highest BCUT2D eigenvalue weighted by Gasteiger charge is 2.25. The van der Waals surface area contributed by atoms with Gasteiger partial charge in [-0.25, -0.2) is 0 Å². The molecule has 30 heavy (non-hydrogen) atoms. The second kappa shape index (κ2) is 8.13. The molecule has 5 rings (SSSR count). The summed E-state index contributed by atoms with van der Waals surface area (Å²) < 4.78 is 5.40. The molecule has 2 heterocycles. The summed E-state index contributed by atoms with van der Waals surface area (Å²) in [6.07, 6.45) is 0. The van der Waals surface area contributed by atoms with Crippen molar-refractivity contribution < 1.29 is 9.32 Å². The Morgan fingerprint density at radius 3 is 2.43 bits per heavy atom. The highest BCUT2D eigenvalue weighted by atomic mass is 16.5. The van der Waals surface area contributed by atoms with Crippen LogP contribution in [0.15, 0.2) is 83.4 Å². The van der Waals surface area contributed by atoms with Crippen LogP contribution in [-0.4, -0.2) is 47.0 Å². The van der Waals surface area contributed by atoms with Crippen LogP contribution in [-0.2, 0) is 6.54 Å². The minimum Gasteiger partial charge on any atom is -0.355 e. The Labute approximate surface area is 175 Å². The zero-order valence-electron chi connectivity index (χ0n) is 16.7. The van der Waals surface area contributed by atoms with E-state index in [9.17, 15) is 4.79 Å². The molecule has 4 aromatic rings. The summed E-state index contributed by atoms with van der Waals surface area (Å²) in [4.78, 5) is 17.1. The van der Waals surface area contributed by atoms with Crippen LogP contribution in [0.25, 0.3) is 22.1 Å². The van der Waals surface area contributed by atoms with Crippen LogP contribution in [0.3, 0.4) is 0 Å². The molecular weight excluding hydrogens is 374 g/mol. The predicted molar refractivity (Wildman–Crippen MR) is 117 cm³/mol. The van der Waals surface area contributed by atoms with Crippen LogP contribution in [0, 0.1) is 0 Å². The number of carbonyl (C=O) groups is 1. The summed E-state index contributed by atoms with van der Waals surface area (Å²) in [6.45, 7) is 3.97. The summed E-state index contributed by atoms with van der Waals surface area (Å²) in [5, 5.41) is 6.58. The maximum absolute atomic E-state index is 12.9. The van der Waals surface area contributed by atoms with Gasteiger partial charge in [0.15, 0.2) is 11.5 Å². The number of aromatic nitrogens is 1. The molecule has 1 fully saturated rings. The van der Waals surface area contributed by atoms with E-state index in [1.165, 1.54) is 16.3 Å². The number of nitrogens with zero attached hydrogens (tertiary/aromatic N) is 3. The van der Waals surface area contributed by atoms with Gasteiger partial charge in [0, 0.05) is 44.4 Å². The lowest BCUT2D eigenvalue weighted by Gasteiger charge is -2.34. The molecule has 0 spiro atoms. The van der Waals surface area contributed by atoms with Crippen molar-refractivity contribution >= 4 is 16.7 Å². The Balaban J connectivity index is 1.23. The molecule has 5 heteroatoms. The molecule has 5 nitrogen and oxygen atoms in total. The van der Waals surface area contributed by atoms with Gasteiger partial charge in [0.2, 0.25) is 0 Å². The Kier molecular flexibility index (Phi) is 5.03. The fourth-order valence-electron chi connectivity index (χ4n) is 4.06. The maximum Gasteiger partial charge on any atom is 0.276 e. The van der Waals surface area contributed by atoms with Crippen molar-refractivity contribution in [2.45, 2.75) is 6.54 Å². The molecule has 150 valence electrons. The van der Waals surface area contributed by atoms with Gasteiger partial charge in [0.1, 0.15) is 0 Å². The molecule has 0 N–H and O–H groups in total. The van der Waals surface area contributed by atoms with Gasteiger partial charge in [-0.1, -0.05) is 78.0 Å². The van der Waals surface area contributed by atoms with Gasteiger partial charge >= 0.3 is 0 Å². The minimum atomic E-state index is -0.0641. The van der Waals surface area contributed by atoms with Gasteiger partial charge in [-0.3, -0.25) is 9.69 Å². The first-order valence-corrected chi connectivity index (χ1v) is 10.3. The van der Waals surface area contributed by atoms with Gasteiger partial charge in [0.05, 0.1) is 0 Å². The first kappa shape index (κ1) is 18.6. The fraction of sp³-hybridized carbons (Fsp3) is 0.200. The van der Waals surface area contributed by atoms with E-state index >= 15 is 0 Å². The lowest BCUT2D eigenvalue weighted by Crippen LogP contribution is -2.48. The van der Waals surface area contributed by atoms with E-state index in [1.807, 2.05) is 35.2 Å². The number of piperazine rings is 1. The van der Waals surface area contributed by atoms with E-state index in [0.717, 1.165) is 25.2 Å². The maximum atomic E-state index is 12.9. The van der Waals surface area contributed by atoms with Crippen molar-refractivity contribution in [3.63, 3.8) is 0 Å². The van der Waals surface area contributed by atoms with Gasteiger partial charge < -0.3 is 9.42 Å². The van der Waals surface area contributed by atoms with Crippen LogP contribution in [0.5, 0.6) is 0 Å². The highest BCUT2D eigenvalue weighted by Crippen LogP contribution is 2.22. The van der Waals surface area contributed by atoms with Gasteiger partial charge in [-0.15, -0.1) is 0 Å². The van der Waals surface area contributed by atoms with Crippen molar-refractivity contribution in [1.82, 2.24) is 15.0 Å². The van der Waals surface area contributed by atoms with Crippen LogP contribution in [0.2, 0.25) is 0 Å². The summed E-state index contributed by atoms with van der Waals surface area (Å²) in [6, 6.07) is 26.4. The Morgan fingerprint density at radius 1 is 0.867 bits per heavy atom. The first-order valence-electron chi connectivity index (χ1n) is 10.3. The van der Waals surface area contributed by atoms with E-state index in [4.69, 9.17) is 4.52 Å². The molecule has 0 radical (unpaired) electrons. The van der Waals surface area contributed by atoms with Crippen molar-refractivity contribution in [3.8, 4) is 11.3 Å². The smallest absolute Gasteiger partial charge is 0.276 e. The van der Waals surface area contributed by atoms with Crippen molar-refractivity contribution in [2.75, 3.05) is 26.2 Å². The van der Waals surface area contributed by atoms with Crippen molar-refractivity contribution in [2.24, 2.45) is 0 Å². The number of hydrogen-bond donors (Lipinski definition) is 0. The third-order valence-electron chi connectivity index (χ3n) is 5.72. The molecule has 1 aromatic heterocycles. The lowest BCUT2D eigenvalue weighted by atomic mass is 10.0. The summed E-state index contributed by atoms with van der Waals surface area (Å²) >= 11 is 0. The number of rotatable bonds is 4. The fourth-order valence-corrected chi connectivity index (χ4v) is 4.06. The number of carbonyl (C=O) groups excluding carboxylic acids is 1. The van der Waals surface area contributed by atoms with E-state index in [0.29, 0.717) is 24.5 Å². The van der Waals surface area contributed by atoms with Gasteiger partial charge in [-0.05, 0) is 16.3 Å². The first-order chi connectivity index (χ1) is 14.8. The molecule has 1 amide bonds. The monoisotopic (exact) mass is 397 g/mol. The SMILES string of the molecule is O=C(c1cc(-c2ccccc2)on1)N1CCN(Cc2cccc3ccccc23)CC1. The molecule has 1 saturated heterocycles. The largest absolute Gasteiger partial charge is 0.355 e. The number of fused-ring (bicyclic) bond motifs is 1. The summed E-state index contributed by atoms with van der Waals surface area (Å²) in [5.74, 6) is 0.555. The molecule has 1 aliphatic rings. The summed E-state index contributed by atoms with van der Waals surface area (Å²) in [5.41, 5.74) is 2.62. The van der Waals surface area contributed by atoms with Crippen LogP contribution in [0.1, 0.15) is 16.1 Å². The quantitative estimate of drug-likeness (QED) is 0.510. The van der Waals surface area contributed by atoms with E-state index in [1.54, 1.807) is 6.07 Å². The predicted octanol–water partition coefficient (Wildman–Crippen LogP) is 4.45. The summed E-state index contributed by atoms with van der Waals surface area (Å²) in [7, 11) is 0. The number of benzene rings is 3. The molecule has 0 atom stereocenters. The Hall–Kier alpha value is -3.44. The Morgan fingerprint density at radius 2 is 1.60 bits per heavy atom. The standard InChI is InChI=1S/C25H23N3O2/c29-25(23-17-24(30-26-23)20-8-2-1-3-9-20)28-15-13-27(14-16-28)18-21-11-6-10-19-7-4-5-12-22(19)21/h1-12,17H,13-16,18H2. The molecule has 0 aliphatic carbocycles.